The van der Waals surface area contributed by atoms with Crippen LogP contribution in [-0.4, -0.2) is 49.2 Å². The number of hydrogen-bond donors (Lipinski definition) is 0. The normalized spacial score (nSPS) is 16.6. The number of hydrogen-bond acceptors (Lipinski definition) is 5. The lowest BCUT2D eigenvalue weighted by Gasteiger charge is -2.23. The third-order valence-corrected chi connectivity index (χ3v) is 6.29. The third-order valence-electron chi connectivity index (χ3n) is 4.92. The minimum absolute atomic E-state index is 0.148. The summed E-state index contributed by atoms with van der Waals surface area (Å²) in [6, 6.07) is 6.61. The second-order valence-electron chi connectivity index (χ2n) is 7.42. The number of benzene rings is 1. The van der Waals surface area contributed by atoms with Gasteiger partial charge in [-0.05, 0) is 38.3 Å². The molecule has 1 heterocycles. The predicted octanol–water partition coefficient (Wildman–Crippen LogP) is 2.57. The number of nitrogens with zero attached hydrogens (tertiary/aromatic N) is 3. The van der Waals surface area contributed by atoms with Gasteiger partial charge in [0.2, 0.25) is 0 Å². The van der Waals surface area contributed by atoms with Crippen molar-refractivity contribution in [3.05, 3.63) is 46.8 Å². The molecule has 1 amide bonds. The number of fused-ring (bicyclic) bond motifs is 1. The molecule has 1 aliphatic rings. The van der Waals surface area contributed by atoms with Crippen molar-refractivity contribution in [2.75, 3.05) is 14.1 Å². The van der Waals surface area contributed by atoms with Crippen LogP contribution in [0.3, 0.4) is 0 Å². The summed E-state index contributed by atoms with van der Waals surface area (Å²) < 4.78 is 32.7. The maximum Gasteiger partial charge on any atom is 0.297 e. The topological polar surface area (TPSA) is 81.5 Å². The van der Waals surface area contributed by atoms with E-state index in [1.807, 2.05) is 11.6 Å². The largest absolute Gasteiger partial charge is 0.343 e. The standard InChI is InChI=1S/C20H27N3O4S/c1-5-12-23-18-11-8-15(13-17(18)19(21-23)20(24)22(3)4)27-28(25,26)16-9-6-14(2)7-10-16/h6-7,9-10,15H,5,8,11-13H2,1-4H3. The summed E-state index contributed by atoms with van der Waals surface area (Å²) in [6.07, 6.45) is 1.97. The van der Waals surface area contributed by atoms with Gasteiger partial charge in [0.1, 0.15) is 0 Å². The first-order chi connectivity index (χ1) is 13.2. The Balaban J connectivity index is 1.87. The van der Waals surface area contributed by atoms with Crippen LogP contribution >= 0.6 is 0 Å². The molecular formula is C20H27N3O4S. The van der Waals surface area contributed by atoms with Gasteiger partial charge in [-0.3, -0.25) is 13.7 Å². The predicted molar refractivity (Wildman–Crippen MR) is 106 cm³/mol. The number of aromatic nitrogens is 2. The molecule has 0 bridgehead atoms. The Kier molecular flexibility index (Phi) is 5.90. The lowest BCUT2D eigenvalue weighted by molar-refractivity contribution is 0.0819. The van der Waals surface area contributed by atoms with Crippen LogP contribution in [0.15, 0.2) is 29.2 Å². The first-order valence-corrected chi connectivity index (χ1v) is 10.9. The molecule has 1 aromatic heterocycles. The van der Waals surface area contributed by atoms with E-state index in [2.05, 4.69) is 12.0 Å². The van der Waals surface area contributed by atoms with Gasteiger partial charge in [0, 0.05) is 38.3 Å². The van der Waals surface area contributed by atoms with E-state index in [1.54, 1.807) is 38.4 Å². The molecule has 0 saturated carbocycles. The average Bonchev–Trinajstić information content (AvgIpc) is 2.99. The lowest BCUT2D eigenvalue weighted by atomic mass is 9.93. The van der Waals surface area contributed by atoms with E-state index < -0.39 is 16.2 Å². The molecule has 1 aromatic carbocycles. The molecule has 1 unspecified atom stereocenters. The molecule has 0 radical (unpaired) electrons. The first-order valence-electron chi connectivity index (χ1n) is 9.53. The average molecular weight is 406 g/mol. The fraction of sp³-hybridized carbons (Fsp3) is 0.500. The van der Waals surface area contributed by atoms with Crippen molar-refractivity contribution in [1.29, 1.82) is 0 Å². The summed E-state index contributed by atoms with van der Waals surface area (Å²) in [6.45, 7) is 4.69. The van der Waals surface area contributed by atoms with Crippen molar-refractivity contribution in [3.8, 4) is 0 Å². The van der Waals surface area contributed by atoms with E-state index in [0.717, 1.165) is 29.8 Å². The highest BCUT2D eigenvalue weighted by molar-refractivity contribution is 7.86. The molecule has 0 saturated heterocycles. The third kappa shape index (κ3) is 4.12. The van der Waals surface area contributed by atoms with Gasteiger partial charge in [-0.2, -0.15) is 13.5 Å². The van der Waals surface area contributed by atoms with Gasteiger partial charge in [-0.1, -0.05) is 24.6 Å². The zero-order valence-electron chi connectivity index (χ0n) is 16.8. The van der Waals surface area contributed by atoms with Crippen molar-refractivity contribution in [2.24, 2.45) is 0 Å². The van der Waals surface area contributed by atoms with E-state index in [4.69, 9.17) is 4.18 Å². The second kappa shape index (κ2) is 8.05. The van der Waals surface area contributed by atoms with Crippen LogP contribution < -0.4 is 0 Å². The van der Waals surface area contributed by atoms with Gasteiger partial charge in [-0.15, -0.1) is 0 Å². The smallest absolute Gasteiger partial charge is 0.297 e. The van der Waals surface area contributed by atoms with Gasteiger partial charge < -0.3 is 4.90 Å². The zero-order valence-corrected chi connectivity index (χ0v) is 17.6. The van der Waals surface area contributed by atoms with Gasteiger partial charge in [0.15, 0.2) is 5.69 Å². The lowest BCUT2D eigenvalue weighted by Crippen LogP contribution is -2.28. The van der Waals surface area contributed by atoms with Crippen LogP contribution in [0, 0.1) is 6.92 Å². The van der Waals surface area contributed by atoms with Gasteiger partial charge in [0.25, 0.3) is 16.0 Å². The summed E-state index contributed by atoms with van der Waals surface area (Å²) in [5.74, 6) is -0.173. The Labute approximate surface area is 166 Å². The number of amides is 1. The number of carbonyl (C=O) groups excluding carboxylic acids is 1. The van der Waals surface area contributed by atoms with Crippen molar-refractivity contribution in [3.63, 3.8) is 0 Å². The Morgan fingerprint density at radius 3 is 2.57 bits per heavy atom. The number of rotatable bonds is 6. The molecule has 0 fully saturated rings. The molecule has 0 spiro atoms. The molecular weight excluding hydrogens is 378 g/mol. The summed E-state index contributed by atoms with van der Waals surface area (Å²) in [5.41, 5.74) is 3.20. The summed E-state index contributed by atoms with van der Waals surface area (Å²) >= 11 is 0. The van der Waals surface area contributed by atoms with E-state index in [0.29, 0.717) is 25.0 Å². The van der Waals surface area contributed by atoms with Crippen LogP contribution in [0.2, 0.25) is 0 Å². The minimum Gasteiger partial charge on any atom is -0.343 e. The van der Waals surface area contributed by atoms with Gasteiger partial charge >= 0.3 is 0 Å². The molecule has 1 aliphatic carbocycles. The highest BCUT2D eigenvalue weighted by atomic mass is 32.2. The molecule has 1 atom stereocenters. The van der Waals surface area contributed by atoms with Crippen LogP contribution in [0.4, 0.5) is 0 Å². The fourth-order valence-electron chi connectivity index (χ4n) is 3.46. The van der Waals surface area contributed by atoms with Crippen molar-refractivity contribution in [1.82, 2.24) is 14.7 Å². The zero-order chi connectivity index (χ0) is 20.5. The molecule has 8 heteroatoms. The fourth-order valence-corrected chi connectivity index (χ4v) is 4.56. The van der Waals surface area contributed by atoms with E-state index in [9.17, 15) is 13.2 Å². The van der Waals surface area contributed by atoms with E-state index in [-0.39, 0.29) is 10.8 Å². The van der Waals surface area contributed by atoms with Crippen molar-refractivity contribution in [2.45, 2.75) is 57.1 Å². The maximum atomic E-state index is 12.6. The summed E-state index contributed by atoms with van der Waals surface area (Å²) in [4.78, 5) is 14.2. The quantitative estimate of drug-likeness (QED) is 0.690. The van der Waals surface area contributed by atoms with Gasteiger partial charge in [-0.25, -0.2) is 0 Å². The van der Waals surface area contributed by atoms with E-state index >= 15 is 0 Å². The van der Waals surface area contributed by atoms with Crippen LogP contribution in [0.25, 0.3) is 0 Å². The molecule has 28 heavy (non-hydrogen) atoms. The number of carbonyl (C=O) groups is 1. The van der Waals surface area contributed by atoms with Crippen LogP contribution in [0.5, 0.6) is 0 Å². The molecule has 2 aromatic rings. The Hall–Kier alpha value is -2.19. The summed E-state index contributed by atoms with van der Waals surface area (Å²) in [7, 11) is -0.481. The Morgan fingerprint density at radius 2 is 1.96 bits per heavy atom. The number of aryl methyl sites for hydroxylation is 2. The highest BCUT2D eigenvalue weighted by Gasteiger charge is 2.32. The van der Waals surface area contributed by atoms with Crippen molar-refractivity contribution < 1.29 is 17.4 Å². The second-order valence-corrected chi connectivity index (χ2v) is 9.00. The molecule has 0 aliphatic heterocycles. The minimum atomic E-state index is -3.85. The summed E-state index contributed by atoms with van der Waals surface area (Å²) in [5, 5.41) is 4.52. The molecule has 0 N–H and O–H groups in total. The van der Waals surface area contributed by atoms with Crippen LogP contribution in [-0.2, 0) is 33.7 Å². The molecule has 3 rings (SSSR count). The monoisotopic (exact) mass is 405 g/mol. The first kappa shape index (κ1) is 20.5. The maximum absolute atomic E-state index is 12.6. The Morgan fingerprint density at radius 1 is 1.29 bits per heavy atom. The van der Waals surface area contributed by atoms with E-state index in [1.165, 1.54) is 4.90 Å². The SMILES string of the molecule is CCCn1nc(C(=O)N(C)C)c2c1CCC(OS(=O)(=O)c1ccc(C)cc1)C2. The van der Waals surface area contributed by atoms with Gasteiger partial charge in [0.05, 0.1) is 11.0 Å². The molecule has 152 valence electrons. The molecule has 7 nitrogen and oxygen atoms in total. The van der Waals surface area contributed by atoms with Crippen LogP contribution in [0.1, 0.15) is 47.1 Å². The highest BCUT2D eigenvalue weighted by Crippen LogP contribution is 2.29. The van der Waals surface area contributed by atoms with Crippen molar-refractivity contribution >= 4 is 16.0 Å². The Bertz CT molecular complexity index is 962.